The molecule has 0 aliphatic heterocycles. The highest BCUT2D eigenvalue weighted by atomic mass is 35.5. The number of halogens is 2. The molecule has 0 aliphatic carbocycles. The van der Waals surface area contributed by atoms with E-state index in [1.807, 2.05) is 30.3 Å². The van der Waals surface area contributed by atoms with Gasteiger partial charge in [-0.15, -0.1) is 10.2 Å². The quantitative estimate of drug-likeness (QED) is 0.135. The summed E-state index contributed by atoms with van der Waals surface area (Å²) in [6.45, 7) is 1.60. The average Bonchev–Trinajstić information content (AvgIpc) is 3.23. The second-order valence-electron chi connectivity index (χ2n) is 8.78. The Kier molecular flexibility index (Phi) is 8.04. The molecule has 0 fully saturated rings. The monoisotopic (exact) mass is 625 g/mol. The minimum Gasteiger partial charge on any atom is -0.324 e. The van der Waals surface area contributed by atoms with Gasteiger partial charge in [-0.3, -0.25) is 14.4 Å². The van der Waals surface area contributed by atoms with E-state index in [1.165, 1.54) is 16.8 Å². The third kappa shape index (κ3) is 6.16. The number of aromatic nitrogens is 5. The van der Waals surface area contributed by atoms with Gasteiger partial charge in [0.1, 0.15) is 10.6 Å². The fourth-order valence-corrected chi connectivity index (χ4v) is 4.88. The number of H-pyrrole nitrogens is 1. The maximum absolute atomic E-state index is 13.1. The van der Waals surface area contributed by atoms with Crippen LogP contribution < -0.4 is 15.8 Å². The average molecular weight is 626 g/mol. The number of nitrogens with zero attached hydrogens (tertiary/aromatic N) is 7. The number of aromatic amines is 1. The lowest BCUT2D eigenvalue weighted by Crippen LogP contribution is -2.14. The Bertz CT molecular complexity index is 1980. The Labute approximate surface area is 249 Å². The number of rotatable bonds is 8. The van der Waals surface area contributed by atoms with Crippen molar-refractivity contribution in [3.05, 3.63) is 99.2 Å². The van der Waals surface area contributed by atoms with E-state index in [0.717, 1.165) is 11.8 Å². The third-order valence-electron chi connectivity index (χ3n) is 5.92. The van der Waals surface area contributed by atoms with Crippen LogP contribution in [0, 0.1) is 6.92 Å². The van der Waals surface area contributed by atoms with Crippen molar-refractivity contribution in [2.45, 2.75) is 11.8 Å². The van der Waals surface area contributed by atoms with E-state index in [1.54, 1.807) is 43.1 Å². The topological polar surface area (TPSA) is 171 Å². The molecule has 2 heterocycles. The van der Waals surface area contributed by atoms with Crippen molar-refractivity contribution in [1.29, 1.82) is 0 Å². The van der Waals surface area contributed by atoms with E-state index in [2.05, 4.69) is 35.6 Å². The van der Waals surface area contributed by atoms with Crippen LogP contribution in [-0.2, 0) is 10.1 Å². The molecule has 5 aromatic rings. The Balaban J connectivity index is 1.49. The molecule has 13 nitrogen and oxygen atoms in total. The van der Waals surface area contributed by atoms with Crippen LogP contribution in [0.2, 0.25) is 10.3 Å². The highest BCUT2D eigenvalue weighted by Gasteiger charge is 2.19. The van der Waals surface area contributed by atoms with E-state index in [4.69, 9.17) is 23.2 Å². The van der Waals surface area contributed by atoms with Crippen LogP contribution in [0.3, 0.4) is 0 Å². The van der Waals surface area contributed by atoms with Crippen molar-refractivity contribution in [2.75, 3.05) is 17.3 Å². The summed E-state index contributed by atoms with van der Waals surface area (Å²) in [4.78, 5) is 26.9. The van der Waals surface area contributed by atoms with Crippen LogP contribution in [0.15, 0.2) is 92.7 Å². The molecule has 0 saturated heterocycles. The van der Waals surface area contributed by atoms with Gasteiger partial charge in [0.2, 0.25) is 17.2 Å². The molecule has 0 radical (unpaired) electrons. The van der Waals surface area contributed by atoms with Gasteiger partial charge in [-0.2, -0.15) is 23.4 Å². The van der Waals surface area contributed by atoms with E-state index in [0.29, 0.717) is 16.4 Å². The van der Waals surface area contributed by atoms with Gasteiger partial charge in [-0.05, 0) is 61.0 Å². The molecular formula is C26H21Cl2N9O4S. The number of nitrogens with one attached hydrogen (secondary N) is 2. The normalized spacial score (nSPS) is 11.6. The van der Waals surface area contributed by atoms with Gasteiger partial charge in [-0.1, -0.05) is 41.9 Å². The summed E-state index contributed by atoms with van der Waals surface area (Å²) >= 11 is 12.4. The lowest BCUT2D eigenvalue weighted by Gasteiger charge is -2.17. The summed E-state index contributed by atoms with van der Waals surface area (Å²) in [7, 11) is -2.95. The number of para-hydroxylation sites is 2. The van der Waals surface area contributed by atoms with Crippen molar-refractivity contribution in [3.63, 3.8) is 0 Å². The molecule has 0 spiro atoms. The van der Waals surface area contributed by atoms with Gasteiger partial charge in [-0.25, -0.2) is 4.68 Å². The van der Waals surface area contributed by atoms with Crippen molar-refractivity contribution in [1.82, 2.24) is 24.7 Å². The van der Waals surface area contributed by atoms with Crippen molar-refractivity contribution < 1.29 is 13.0 Å². The number of aryl methyl sites for hydroxylation is 1. The zero-order valence-corrected chi connectivity index (χ0v) is 24.2. The molecule has 0 bridgehead atoms. The largest absolute Gasteiger partial charge is 0.324 e. The maximum atomic E-state index is 13.1. The molecule has 214 valence electrons. The molecule has 3 N–H and O–H groups in total. The molecule has 0 atom stereocenters. The molecule has 0 saturated carbocycles. The third-order valence-corrected chi connectivity index (χ3v) is 7.31. The van der Waals surface area contributed by atoms with Crippen molar-refractivity contribution >= 4 is 68.0 Å². The van der Waals surface area contributed by atoms with Crippen LogP contribution in [0.4, 0.5) is 34.6 Å². The number of anilines is 4. The van der Waals surface area contributed by atoms with Crippen molar-refractivity contribution in [3.8, 4) is 5.69 Å². The van der Waals surface area contributed by atoms with E-state index in [9.17, 15) is 17.8 Å². The number of hydrogen-bond donors (Lipinski definition) is 3. The molecule has 3 aromatic carbocycles. The standard InChI is InChI=1S/C26H21Cl2N9O4S/c1-15-22(23(38)37(35-15)20-11-7-6-10-18(20)27)34-33-19-14-16(12-13-21(19)42(39,40)41)29-25-30-24(28)31-26(32-25)36(2)17-8-4-3-5-9-17/h3-14,35H,1-2H3,(H,39,40,41)(H,29,30,31,32). The SMILES string of the molecule is Cc1[nH]n(-c2ccccc2Cl)c(=O)c1N=Nc1cc(Nc2nc(Cl)nc(N(C)c3ccccc3)n2)ccc1S(=O)(=O)O. The summed E-state index contributed by atoms with van der Waals surface area (Å²) in [5, 5.41) is 14.0. The highest BCUT2D eigenvalue weighted by molar-refractivity contribution is 7.86. The second-order valence-corrected chi connectivity index (χ2v) is 10.9. The Hall–Kier alpha value is -4.63. The molecule has 16 heteroatoms. The summed E-state index contributed by atoms with van der Waals surface area (Å²) in [6, 6.07) is 19.8. The smallest absolute Gasteiger partial charge is 0.299 e. The summed E-state index contributed by atoms with van der Waals surface area (Å²) in [5.74, 6) is 0.301. The Morgan fingerprint density at radius 3 is 2.40 bits per heavy atom. The van der Waals surface area contributed by atoms with Gasteiger partial charge < -0.3 is 10.2 Å². The van der Waals surface area contributed by atoms with Gasteiger partial charge in [0.25, 0.3) is 15.7 Å². The first kappa shape index (κ1) is 28.9. The lowest BCUT2D eigenvalue weighted by atomic mass is 10.3. The fourth-order valence-electron chi connectivity index (χ4n) is 3.90. The van der Waals surface area contributed by atoms with Crippen LogP contribution in [0.1, 0.15) is 5.69 Å². The fraction of sp³-hybridized carbons (Fsp3) is 0.0769. The molecule has 0 amide bonds. The molecule has 5 rings (SSSR count). The molecule has 2 aromatic heterocycles. The minimum atomic E-state index is -4.71. The van der Waals surface area contributed by atoms with E-state index < -0.39 is 20.6 Å². The molecular weight excluding hydrogens is 605 g/mol. The lowest BCUT2D eigenvalue weighted by molar-refractivity contribution is 0.483. The molecule has 0 unspecified atom stereocenters. The van der Waals surface area contributed by atoms with Crippen molar-refractivity contribution in [2.24, 2.45) is 10.2 Å². The zero-order valence-electron chi connectivity index (χ0n) is 21.9. The van der Waals surface area contributed by atoms with Crippen LogP contribution in [0.25, 0.3) is 5.69 Å². The zero-order chi connectivity index (χ0) is 30.0. The predicted octanol–water partition coefficient (Wildman–Crippen LogP) is 6.14. The first-order valence-corrected chi connectivity index (χ1v) is 14.3. The van der Waals surface area contributed by atoms with Gasteiger partial charge in [0, 0.05) is 18.4 Å². The second kappa shape index (κ2) is 11.7. The molecule has 42 heavy (non-hydrogen) atoms. The van der Waals surface area contributed by atoms with Gasteiger partial charge in [0.05, 0.1) is 16.4 Å². The minimum absolute atomic E-state index is 0.0550. The molecule has 0 aliphatic rings. The van der Waals surface area contributed by atoms with Crippen LogP contribution in [0.5, 0.6) is 0 Å². The maximum Gasteiger partial charge on any atom is 0.299 e. The summed E-state index contributed by atoms with van der Waals surface area (Å²) in [5.41, 5.74) is 0.918. The van der Waals surface area contributed by atoms with Gasteiger partial charge in [0.15, 0.2) is 5.69 Å². The number of azo groups is 1. The predicted molar refractivity (Wildman–Crippen MR) is 159 cm³/mol. The number of benzene rings is 3. The first-order valence-electron chi connectivity index (χ1n) is 12.1. The summed E-state index contributed by atoms with van der Waals surface area (Å²) < 4.78 is 35.2. The van der Waals surface area contributed by atoms with E-state index >= 15 is 0 Å². The Morgan fingerprint density at radius 1 is 0.976 bits per heavy atom. The highest BCUT2D eigenvalue weighted by Crippen LogP contribution is 2.31. The van der Waals surface area contributed by atoms with Crippen LogP contribution >= 0.6 is 23.2 Å². The van der Waals surface area contributed by atoms with Gasteiger partial charge >= 0.3 is 0 Å². The summed E-state index contributed by atoms with van der Waals surface area (Å²) in [6.07, 6.45) is 0. The Morgan fingerprint density at radius 2 is 1.69 bits per heavy atom. The first-order chi connectivity index (χ1) is 20.0. The van der Waals surface area contributed by atoms with E-state index in [-0.39, 0.29) is 34.2 Å². The number of hydrogen-bond acceptors (Lipinski definition) is 10. The van der Waals surface area contributed by atoms with Crippen LogP contribution in [-0.4, -0.2) is 44.8 Å².